The molecule has 0 saturated heterocycles. The second kappa shape index (κ2) is 10.5. The van der Waals surface area contributed by atoms with E-state index < -0.39 is 0 Å². The first kappa shape index (κ1) is 20.7. The summed E-state index contributed by atoms with van der Waals surface area (Å²) in [6, 6.07) is 6.40. The van der Waals surface area contributed by atoms with Gasteiger partial charge in [-0.1, -0.05) is 77.9 Å². The van der Waals surface area contributed by atoms with Crippen LogP contribution in [0.25, 0.3) is 16.8 Å². The minimum Gasteiger partial charge on any atom is -0.0984 e. The van der Waals surface area contributed by atoms with E-state index in [-0.39, 0.29) is 0 Å². The van der Waals surface area contributed by atoms with Crippen LogP contribution >= 0.6 is 11.6 Å². The fraction of sp³-hybridized carbons (Fsp3) is 0.429. The number of hydrogen-bond acceptors (Lipinski definition) is 0. The van der Waals surface area contributed by atoms with Crippen molar-refractivity contribution >= 4 is 28.4 Å². The van der Waals surface area contributed by atoms with Gasteiger partial charge in [-0.2, -0.15) is 0 Å². The van der Waals surface area contributed by atoms with Crippen molar-refractivity contribution < 1.29 is 0 Å². The number of aryl methyl sites for hydroxylation is 3. The Hall–Kier alpha value is -1.27. The lowest BCUT2D eigenvalue weighted by molar-refractivity contribution is 1.12. The molecule has 0 heterocycles. The molecule has 0 aliphatic heterocycles. The van der Waals surface area contributed by atoms with Crippen LogP contribution in [0.15, 0.2) is 24.8 Å². The lowest BCUT2D eigenvalue weighted by Gasteiger charge is -2.15. The zero-order valence-electron chi connectivity index (χ0n) is 15.3. The molecule has 0 aromatic heterocycles. The minimum atomic E-state index is 0.868. The number of hydrogen-bond donors (Lipinski definition) is 0. The Morgan fingerprint density at radius 1 is 1.05 bits per heavy atom. The van der Waals surface area contributed by atoms with Crippen molar-refractivity contribution in [3.8, 4) is 0 Å². The van der Waals surface area contributed by atoms with E-state index >= 15 is 0 Å². The highest BCUT2D eigenvalue weighted by Crippen LogP contribution is 2.33. The lowest BCUT2D eigenvalue weighted by atomic mass is 9.90. The predicted octanol–water partition coefficient (Wildman–Crippen LogP) is 7.62. The smallest absolute Gasteiger partial charge is 0.0444 e. The van der Waals surface area contributed by atoms with Gasteiger partial charge < -0.3 is 0 Å². The zero-order valence-corrected chi connectivity index (χ0v) is 16.1. The van der Waals surface area contributed by atoms with Gasteiger partial charge in [0.2, 0.25) is 0 Å². The largest absolute Gasteiger partial charge is 0.0984 e. The quantitative estimate of drug-likeness (QED) is 0.546. The third kappa shape index (κ3) is 4.14. The molecule has 0 atom stereocenters. The third-order valence-electron chi connectivity index (χ3n) is 3.68. The van der Waals surface area contributed by atoms with Crippen molar-refractivity contribution in [1.29, 1.82) is 0 Å². The van der Waals surface area contributed by atoms with Crippen LogP contribution in [0, 0.1) is 6.92 Å². The number of halogens is 1. The van der Waals surface area contributed by atoms with Gasteiger partial charge in [-0.3, -0.25) is 0 Å². The van der Waals surface area contributed by atoms with Crippen molar-refractivity contribution in [1.82, 2.24) is 0 Å². The van der Waals surface area contributed by atoms with Crippen molar-refractivity contribution in [3.05, 3.63) is 52.1 Å². The lowest BCUT2D eigenvalue weighted by Crippen LogP contribution is -1.96. The van der Waals surface area contributed by atoms with Gasteiger partial charge >= 0.3 is 0 Å². The van der Waals surface area contributed by atoms with Gasteiger partial charge in [-0.05, 0) is 58.9 Å². The van der Waals surface area contributed by atoms with Gasteiger partial charge in [0.25, 0.3) is 0 Å². The summed E-state index contributed by atoms with van der Waals surface area (Å²) < 4.78 is 0. The maximum Gasteiger partial charge on any atom is 0.0444 e. The Balaban J connectivity index is 0.00000102. The van der Waals surface area contributed by atoms with Crippen molar-refractivity contribution in [2.75, 3.05) is 0 Å². The fourth-order valence-electron chi connectivity index (χ4n) is 2.77. The first-order valence-corrected chi connectivity index (χ1v) is 8.87. The maximum absolute atomic E-state index is 6.32. The summed E-state index contributed by atoms with van der Waals surface area (Å²) in [5, 5.41) is 3.46. The molecule has 0 fully saturated rings. The number of benzene rings is 2. The molecule has 122 valence electrons. The molecule has 0 nitrogen and oxygen atoms in total. The average Bonchev–Trinajstić information content (AvgIpc) is 2.58. The molecule has 22 heavy (non-hydrogen) atoms. The monoisotopic (exact) mass is 318 g/mol. The molecule has 1 heteroatoms. The summed E-state index contributed by atoms with van der Waals surface area (Å²) in [6.07, 6.45) is 3.95. The standard InChI is InChI=1S/C17H19Cl.2C2H6/c1-5-12-10-13-8-9-16(18)15(7-3)17(13)11(4)14(12)6-2;2*1-2/h6,8-10H,2,5,7H2,1,3-4H3;2*1-2H3. The fourth-order valence-corrected chi connectivity index (χ4v) is 3.06. The Morgan fingerprint density at radius 2 is 1.64 bits per heavy atom. The van der Waals surface area contributed by atoms with Crippen LogP contribution in [-0.4, -0.2) is 0 Å². The van der Waals surface area contributed by atoms with E-state index in [2.05, 4.69) is 39.5 Å². The Morgan fingerprint density at radius 3 is 2.09 bits per heavy atom. The molecule has 0 saturated carbocycles. The first-order valence-electron chi connectivity index (χ1n) is 8.50. The van der Waals surface area contributed by atoms with E-state index in [0.717, 1.165) is 17.9 Å². The normalized spacial score (nSPS) is 9.45. The average molecular weight is 319 g/mol. The van der Waals surface area contributed by atoms with Crippen molar-refractivity contribution in [2.45, 2.75) is 61.3 Å². The van der Waals surface area contributed by atoms with E-state index in [1.54, 1.807) is 0 Å². The molecule has 0 unspecified atom stereocenters. The van der Waals surface area contributed by atoms with Gasteiger partial charge in [-0.25, -0.2) is 0 Å². The minimum absolute atomic E-state index is 0.868. The summed E-state index contributed by atoms with van der Waals surface area (Å²) in [6.45, 7) is 18.5. The molecule has 2 rings (SSSR count). The van der Waals surface area contributed by atoms with Crippen LogP contribution in [0.3, 0.4) is 0 Å². The predicted molar refractivity (Wildman–Crippen MR) is 105 cm³/mol. The zero-order chi connectivity index (χ0) is 17.3. The molecule has 0 aliphatic rings. The highest BCUT2D eigenvalue weighted by Gasteiger charge is 2.11. The van der Waals surface area contributed by atoms with Crippen LogP contribution < -0.4 is 0 Å². The molecule has 0 aliphatic carbocycles. The number of fused-ring (bicyclic) bond motifs is 1. The molecule has 0 radical (unpaired) electrons. The number of rotatable bonds is 3. The van der Waals surface area contributed by atoms with E-state index in [0.29, 0.717) is 0 Å². The van der Waals surface area contributed by atoms with Crippen LogP contribution in [0.2, 0.25) is 5.02 Å². The van der Waals surface area contributed by atoms with E-state index in [1.807, 2.05) is 39.8 Å². The molecule has 0 spiro atoms. The van der Waals surface area contributed by atoms with Gasteiger partial charge in [0.05, 0.1) is 0 Å². The third-order valence-corrected chi connectivity index (χ3v) is 4.04. The van der Waals surface area contributed by atoms with Gasteiger partial charge in [-0.15, -0.1) is 0 Å². The van der Waals surface area contributed by atoms with Gasteiger partial charge in [0.15, 0.2) is 0 Å². The summed E-state index contributed by atoms with van der Waals surface area (Å²) in [5.74, 6) is 0. The van der Waals surface area contributed by atoms with Crippen LogP contribution in [0.4, 0.5) is 0 Å². The van der Waals surface area contributed by atoms with Crippen LogP contribution in [0.5, 0.6) is 0 Å². The molecule has 0 bridgehead atoms. The highest BCUT2D eigenvalue weighted by atomic mass is 35.5. The molecule has 0 amide bonds. The Kier molecular flexibility index (Phi) is 9.85. The van der Waals surface area contributed by atoms with Gasteiger partial charge in [0.1, 0.15) is 0 Å². The van der Waals surface area contributed by atoms with E-state index in [9.17, 15) is 0 Å². The van der Waals surface area contributed by atoms with E-state index in [1.165, 1.54) is 33.0 Å². The van der Waals surface area contributed by atoms with Crippen molar-refractivity contribution in [2.24, 2.45) is 0 Å². The van der Waals surface area contributed by atoms with Crippen LogP contribution in [-0.2, 0) is 12.8 Å². The van der Waals surface area contributed by atoms with Crippen LogP contribution in [0.1, 0.15) is 63.8 Å². The summed E-state index contributed by atoms with van der Waals surface area (Å²) in [7, 11) is 0. The highest BCUT2D eigenvalue weighted by molar-refractivity contribution is 6.32. The molecular weight excluding hydrogens is 288 g/mol. The Labute approximate surface area is 142 Å². The van der Waals surface area contributed by atoms with Crippen molar-refractivity contribution in [3.63, 3.8) is 0 Å². The first-order chi connectivity index (χ1) is 10.6. The summed E-state index contributed by atoms with van der Waals surface area (Å²) >= 11 is 6.32. The maximum atomic E-state index is 6.32. The molecular formula is C21H31Cl. The molecule has 0 N–H and O–H groups in total. The summed E-state index contributed by atoms with van der Waals surface area (Å²) in [4.78, 5) is 0. The topological polar surface area (TPSA) is 0 Å². The SMILES string of the molecule is C=Cc1c(CC)cc2ccc(Cl)c(CC)c2c1C.CC.CC. The second-order valence-electron chi connectivity index (χ2n) is 4.61. The molecule has 2 aromatic rings. The van der Waals surface area contributed by atoms with Gasteiger partial charge in [0, 0.05) is 5.02 Å². The Bertz CT molecular complexity index is 609. The molecule has 2 aromatic carbocycles. The van der Waals surface area contributed by atoms with E-state index in [4.69, 9.17) is 11.6 Å². The summed E-state index contributed by atoms with van der Waals surface area (Å²) in [5.41, 5.74) is 5.18. The second-order valence-corrected chi connectivity index (χ2v) is 5.02.